The molecule has 0 spiro atoms. The van der Waals surface area contributed by atoms with Gasteiger partial charge in [0.05, 0.1) is 0 Å². The van der Waals surface area contributed by atoms with Crippen LogP contribution in [0.25, 0.3) is 0 Å². The summed E-state index contributed by atoms with van der Waals surface area (Å²) in [5, 5.41) is 3.55. The van der Waals surface area contributed by atoms with E-state index in [0.717, 1.165) is 51.4 Å². The van der Waals surface area contributed by atoms with Crippen molar-refractivity contribution in [3.63, 3.8) is 0 Å². The quantitative estimate of drug-likeness (QED) is 0.505. The molecule has 0 unspecified atom stereocenters. The van der Waals surface area contributed by atoms with Crippen molar-refractivity contribution in [2.24, 2.45) is 0 Å². The van der Waals surface area contributed by atoms with Crippen molar-refractivity contribution in [1.82, 2.24) is 10.2 Å². The Bertz CT molecular complexity index is 873. The van der Waals surface area contributed by atoms with E-state index in [1.807, 2.05) is 30.3 Å². The standard InChI is InChI=1S/C27H33N3O/c1-4-10-24(11-5-1)22-26-23-30(25-12-6-2-7-13-25)20-19-29(26)18-16-28-17-21-31-27-14-8-3-9-15-27/h1-15,26,28H,16-23H2/t26-/m0/s1. The summed E-state index contributed by atoms with van der Waals surface area (Å²) >= 11 is 0. The van der Waals surface area contributed by atoms with Crippen molar-refractivity contribution >= 4 is 5.69 Å². The van der Waals surface area contributed by atoms with Crippen molar-refractivity contribution in [2.45, 2.75) is 12.5 Å². The van der Waals surface area contributed by atoms with Crippen LogP contribution in [-0.2, 0) is 6.42 Å². The number of para-hydroxylation sites is 2. The van der Waals surface area contributed by atoms with E-state index in [0.29, 0.717) is 12.6 Å². The summed E-state index contributed by atoms with van der Waals surface area (Å²) < 4.78 is 5.78. The molecule has 0 radical (unpaired) electrons. The third-order valence-corrected chi connectivity index (χ3v) is 5.91. The number of hydrogen-bond acceptors (Lipinski definition) is 4. The topological polar surface area (TPSA) is 27.7 Å². The average Bonchev–Trinajstić information content (AvgIpc) is 2.84. The van der Waals surface area contributed by atoms with E-state index < -0.39 is 0 Å². The molecular formula is C27H33N3O. The van der Waals surface area contributed by atoms with E-state index in [2.05, 4.69) is 75.8 Å². The number of anilines is 1. The number of rotatable bonds is 10. The van der Waals surface area contributed by atoms with Crippen LogP contribution in [0.15, 0.2) is 91.0 Å². The van der Waals surface area contributed by atoms with Gasteiger partial charge in [0.15, 0.2) is 0 Å². The van der Waals surface area contributed by atoms with Gasteiger partial charge in [0, 0.05) is 51.0 Å². The lowest BCUT2D eigenvalue weighted by Crippen LogP contribution is -2.55. The minimum atomic E-state index is 0.513. The first-order valence-electron chi connectivity index (χ1n) is 11.3. The van der Waals surface area contributed by atoms with Crippen LogP contribution >= 0.6 is 0 Å². The van der Waals surface area contributed by atoms with E-state index in [-0.39, 0.29) is 0 Å². The molecule has 1 fully saturated rings. The molecular weight excluding hydrogens is 382 g/mol. The van der Waals surface area contributed by atoms with Crippen LogP contribution in [0.5, 0.6) is 5.75 Å². The van der Waals surface area contributed by atoms with Crippen LogP contribution in [0.2, 0.25) is 0 Å². The number of ether oxygens (including phenoxy) is 1. The highest BCUT2D eigenvalue weighted by atomic mass is 16.5. The van der Waals surface area contributed by atoms with Crippen LogP contribution < -0.4 is 15.0 Å². The zero-order valence-electron chi connectivity index (χ0n) is 18.2. The van der Waals surface area contributed by atoms with Gasteiger partial charge in [-0.25, -0.2) is 0 Å². The summed E-state index contributed by atoms with van der Waals surface area (Å²) in [6.07, 6.45) is 1.08. The summed E-state index contributed by atoms with van der Waals surface area (Å²) in [4.78, 5) is 5.18. The molecule has 1 aliphatic heterocycles. The van der Waals surface area contributed by atoms with Crippen LogP contribution in [0, 0.1) is 0 Å². The van der Waals surface area contributed by atoms with Gasteiger partial charge in [-0.15, -0.1) is 0 Å². The molecule has 1 saturated heterocycles. The lowest BCUT2D eigenvalue weighted by Gasteiger charge is -2.42. The summed E-state index contributed by atoms with van der Waals surface area (Å²) in [5.74, 6) is 0.934. The molecule has 0 saturated carbocycles. The molecule has 1 atom stereocenters. The Hall–Kier alpha value is -2.82. The van der Waals surface area contributed by atoms with Gasteiger partial charge in [0.2, 0.25) is 0 Å². The lowest BCUT2D eigenvalue weighted by molar-refractivity contribution is 0.175. The summed E-state index contributed by atoms with van der Waals surface area (Å²) in [6.45, 7) is 6.83. The smallest absolute Gasteiger partial charge is 0.119 e. The normalized spacial score (nSPS) is 16.9. The molecule has 31 heavy (non-hydrogen) atoms. The third kappa shape index (κ3) is 6.58. The van der Waals surface area contributed by atoms with Gasteiger partial charge >= 0.3 is 0 Å². The maximum Gasteiger partial charge on any atom is 0.119 e. The molecule has 0 aromatic heterocycles. The van der Waals surface area contributed by atoms with Crippen LogP contribution in [0.3, 0.4) is 0 Å². The molecule has 1 aliphatic rings. The maximum absolute atomic E-state index is 5.78. The average molecular weight is 416 g/mol. The molecule has 4 nitrogen and oxygen atoms in total. The van der Waals surface area contributed by atoms with Crippen molar-refractivity contribution in [3.05, 3.63) is 96.6 Å². The van der Waals surface area contributed by atoms with Gasteiger partial charge in [-0.1, -0.05) is 66.7 Å². The number of nitrogens with zero attached hydrogens (tertiary/aromatic N) is 2. The fourth-order valence-corrected chi connectivity index (χ4v) is 4.25. The Balaban J connectivity index is 1.27. The molecule has 1 heterocycles. The van der Waals surface area contributed by atoms with Gasteiger partial charge in [0.25, 0.3) is 0 Å². The van der Waals surface area contributed by atoms with E-state index in [4.69, 9.17) is 4.74 Å². The SMILES string of the molecule is c1ccc(C[C@H]2CN(c3ccccc3)CCN2CCNCCOc2ccccc2)cc1. The van der Waals surface area contributed by atoms with Crippen molar-refractivity contribution < 1.29 is 4.74 Å². The second-order valence-corrected chi connectivity index (χ2v) is 8.07. The van der Waals surface area contributed by atoms with Crippen molar-refractivity contribution in [1.29, 1.82) is 0 Å². The Labute approximate surface area is 186 Å². The minimum Gasteiger partial charge on any atom is -0.492 e. The van der Waals surface area contributed by atoms with Crippen molar-refractivity contribution in [3.8, 4) is 5.75 Å². The van der Waals surface area contributed by atoms with Gasteiger partial charge < -0.3 is 15.0 Å². The van der Waals surface area contributed by atoms with Crippen LogP contribution in [0.4, 0.5) is 5.69 Å². The maximum atomic E-state index is 5.78. The molecule has 4 rings (SSSR count). The Morgan fingerprint density at radius 1 is 0.774 bits per heavy atom. The number of hydrogen-bond donors (Lipinski definition) is 1. The summed E-state index contributed by atoms with van der Waals surface area (Å²) in [6, 6.07) is 32.2. The second kappa shape index (κ2) is 11.5. The number of benzene rings is 3. The Morgan fingerprint density at radius 3 is 2.19 bits per heavy atom. The van der Waals surface area contributed by atoms with E-state index in [1.54, 1.807) is 0 Å². The first-order valence-corrected chi connectivity index (χ1v) is 11.3. The Kier molecular flexibility index (Phi) is 7.97. The number of nitrogens with one attached hydrogen (secondary N) is 1. The predicted molar refractivity (Wildman–Crippen MR) is 129 cm³/mol. The lowest BCUT2D eigenvalue weighted by atomic mass is 10.0. The van der Waals surface area contributed by atoms with Gasteiger partial charge in [0.1, 0.15) is 12.4 Å². The monoisotopic (exact) mass is 415 g/mol. The Morgan fingerprint density at radius 2 is 1.45 bits per heavy atom. The molecule has 3 aromatic rings. The molecule has 0 aliphatic carbocycles. The fraction of sp³-hybridized carbons (Fsp3) is 0.333. The van der Waals surface area contributed by atoms with Gasteiger partial charge in [-0.2, -0.15) is 0 Å². The highest BCUT2D eigenvalue weighted by Gasteiger charge is 2.26. The first-order chi connectivity index (χ1) is 15.4. The fourth-order valence-electron chi connectivity index (χ4n) is 4.25. The van der Waals surface area contributed by atoms with E-state index >= 15 is 0 Å². The van der Waals surface area contributed by atoms with Gasteiger partial charge in [-0.05, 0) is 36.2 Å². The minimum absolute atomic E-state index is 0.513. The van der Waals surface area contributed by atoms with Crippen LogP contribution in [-0.4, -0.2) is 56.8 Å². The third-order valence-electron chi connectivity index (χ3n) is 5.91. The molecule has 0 amide bonds. The number of piperazine rings is 1. The highest BCUT2D eigenvalue weighted by molar-refractivity contribution is 5.46. The summed E-state index contributed by atoms with van der Waals surface area (Å²) in [7, 11) is 0. The van der Waals surface area contributed by atoms with E-state index in [1.165, 1.54) is 11.3 Å². The van der Waals surface area contributed by atoms with E-state index in [9.17, 15) is 0 Å². The van der Waals surface area contributed by atoms with Crippen LogP contribution in [0.1, 0.15) is 5.56 Å². The molecule has 0 bridgehead atoms. The summed E-state index contributed by atoms with van der Waals surface area (Å²) in [5.41, 5.74) is 2.74. The highest BCUT2D eigenvalue weighted by Crippen LogP contribution is 2.21. The molecule has 3 aromatic carbocycles. The molecule has 1 N–H and O–H groups in total. The molecule has 4 heteroatoms. The zero-order chi connectivity index (χ0) is 21.1. The largest absolute Gasteiger partial charge is 0.492 e. The van der Waals surface area contributed by atoms with Gasteiger partial charge in [-0.3, -0.25) is 4.90 Å². The predicted octanol–water partition coefficient (Wildman–Crippen LogP) is 4.09. The first kappa shape index (κ1) is 21.4. The zero-order valence-corrected chi connectivity index (χ0v) is 18.2. The van der Waals surface area contributed by atoms with Crippen molar-refractivity contribution in [2.75, 3.05) is 50.8 Å². The molecule has 162 valence electrons. The second-order valence-electron chi connectivity index (χ2n) is 8.07.